The molecule has 2 nitrogen and oxygen atoms in total. The van der Waals surface area contributed by atoms with E-state index in [1.54, 1.807) is 0 Å². The molecule has 1 aliphatic carbocycles. The molecule has 1 fully saturated rings. The topological polar surface area (TPSA) is 34.1 Å². The van der Waals surface area contributed by atoms with Crippen LogP contribution in [-0.4, -0.2) is 11.6 Å². The second-order valence-electron chi connectivity index (χ2n) is 8.59. The maximum atomic E-state index is 11.3. The van der Waals surface area contributed by atoms with Crippen LogP contribution in [-0.2, 0) is 9.59 Å². The van der Waals surface area contributed by atoms with Gasteiger partial charge in [0.15, 0.2) is 0 Å². The molecule has 0 aliphatic heterocycles. The molecule has 0 saturated heterocycles. The first kappa shape index (κ1) is 19.3. The average Bonchev–Trinajstić information content (AvgIpc) is 2.98. The van der Waals surface area contributed by atoms with Gasteiger partial charge in [-0.3, -0.25) is 9.59 Å². The Balaban J connectivity index is 0.000000361. The van der Waals surface area contributed by atoms with Crippen molar-refractivity contribution in [2.75, 3.05) is 0 Å². The summed E-state index contributed by atoms with van der Waals surface area (Å²) in [6, 6.07) is 0. The summed E-state index contributed by atoms with van der Waals surface area (Å²) in [5.74, 6) is 2.02. The Bertz CT molecular complexity index is 296. The Kier molecular flexibility index (Phi) is 7.13. The van der Waals surface area contributed by atoms with Crippen molar-refractivity contribution in [1.82, 2.24) is 0 Å². The average molecular weight is 282 g/mol. The summed E-state index contributed by atoms with van der Waals surface area (Å²) in [7, 11) is 0. The van der Waals surface area contributed by atoms with E-state index < -0.39 is 0 Å². The van der Waals surface area contributed by atoms with Crippen LogP contribution < -0.4 is 0 Å². The minimum absolute atomic E-state index is 0.109. The van der Waals surface area contributed by atoms with E-state index in [0.717, 1.165) is 12.3 Å². The lowest BCUT2D eigenvalue weighted by Gasteiger charge is -2.17. The van der Waals surface area contributed by atoms with Crippen LogP contribution in [0, 0.1) is 22.7 Å². The summed E-state index contributed by atoms with van der Waals surface area (Å²) in [5, 5.41) is 0. The third kappa shape index (κ3) is 9.28. The molecule has 1 rings (SSSR count). The van der Waals surface area contributed by atoms with Gasteiger partial charge >= 0.3 is 0 Å². The molecule has 118 valence electrons. The van der Waals surface area contributed by atoms with E-state index in [2.05, 4.69) is 13.8 Å². The predicted octanol–water partition coefficient (Wildman–Crippen LogP) is 5.05. The highest BCUT2D eigenvalue weighted by atomic mass is 16.1. The standard InChI is InChI=1S/C9H16O.C9H18O/c1-9(2,3)8(10)6-7-4-5-7;1-7(2)6-8(10)9(3,4)5/h7H,4-6H2,1-3H3;7H,6H2,1-5H3. The number of rotatable bonds is 4. The molecule has 0 spiro atoms. The van der Waals surface area contributed by atoms with Gasteiger partial charge in [0.25, 0.3) is 0 Å². The van der Waals surface area contributed by atoms with Crippen molar-refractivity contribution in [2.45, 2.75) is 81.1 Å². The van der Waals surface area contributed by atoms with Crippen LogP contribution in [0.25, 0.3) is 0 Å². The molecule has 0 aromatic heterocycles. The minimum atomic E-state index is -0.149. The molecule has 0 bridgehead atoms. The maximum absolute atomic E-state index is 11.3. The van der Waals surface area contributed by atoms with Crippen molar-refractivity contribution in [2.24, 2.45) is 22.7 Å². The van der Waals surface area contributed by atoms with Gasteiger partial charge in [-0.15, -0.1) is 0 Å². The van der Waals surface area contributed by atoms with Crippen molar-refractivity contribution >= 4 is 11.6 Å². The highest BCUT2D eigenvalue weighted by Gasteiger charge is 2.29. The third-order valence-electron chi connectivity index (χ3n) is 3.44. The number of carbonyl (C=O) groups is 2. The van der Waals surface area contributed by atoms with Gasteiger partial charge < -0.3 is 0 Å². The summed E-state index contributed by atoms with van der Waals surface area (Å²) in [4.78, 5) is 22.6. The lowest BCUT2D eigenvalue weighted by atomic mass is 9.86. The molecule has 1 saturated carbocycles. The van der Waals surface area contributed by atoms with E-state index in [1.165, 1.54) is 12.8 Å². The normalized spacial score (nSPS) is 15.7. The zero-order chi connectivity index (χ0) is 16.1. The molecule has 1 aliphatic rings. The summed E-state index contributed by atoms with van der Waals surface area (Å²) in [5.41, 5.74) is -0.257. The molecule has 0 atom stereocenters. The van der Waals surface area contributed by atoms with E-state index in [9.17, 15) is 9.59 Å². The van der Waals surface area contributed by atoms with Gasteiger partial charge in [0.2, 0.25) is 0 Å². The lowest BCUT2D eigenvalue weighted by Crippen LogP contribution is -2.21. The van der Waals surface area contributed by atoms with Crippen LogP contribution in [0.5, 0.6) is 0 Å². The first-order valence-corrected chi connectivity index (χ1v) is 7.90. The molecule has 0 aromatic rings. The molecular formula is C18H34O2. The number of hydrogen-bond donors (Lipinski definition) is 0. The van der Waals surface area contributed by atoms with E-state index in [-0.39, 0.29) is 10.8 Å². The zero-order valence-corrected chi connectivity index (χ0v) is 14.8. The Hall–Kier alpha value is -0.660. The zero-order valence-electron chi connectivity index (χ0n) is 14.8. The van der Waals surface area contributed by atoms with Crippen LogP contribution in [0.15, 0.2) is 0 Å². The quantitative estimate of drug-likeness (QED) is 0.723. The summed E-state index contributed by atoms with van der Waals surface area (Å²) in [6.07, 6.45) is 4.09. The fourth-order valence-electron chi connectivity index (χ4n) is 1.57. The Morgan fingerprint density at radius 3 is 1.50 bits per heavy atom. The van der Waals surface area contributed by atoms with Crippen molar-refractivity contribution in [3.63, 3.8) is 0 Å². The van der Waals surface area contributed by atoms with Crippen molar-refractivity contribution in [3.05, 3.63) is 0 Å². The number of ketones is 2. The fourth-order valence-corrected chi connectivity index (χ4v) is 1.57. The Morgan fingerprint density at radius 2 is 1.30 bits per heavy atom. The molecule has 2 heteroatoms. The largest absolute Gasteiger partial charge is 0.299 e. The van der Waals surface area contributed by atoms with Gasteiger partial charge in [-0.25, -0.2) is 0 Å². The van der Waals surface area contributed by atoms with Gasteiger partial charge in [0.05, 0.1) is 0 Å². The third-order valence-corrected chi connectivity index (χ3v) is 3.44. The van der Waals surface area contributed by atoms with E-state index in [0.29, 0.717) is 23.9 Å². The van der Waals surface area contributed by atoms with Crippen LogP contribution in [0.2, 0.25) is 0 Å². The van der Waals surface area contributed by atoms with Crippen molar-refractivity contribution in [1.29, 1.82) is 0 Å². The second-order valence-corrected chi connectivity index (χ2v) is 8.59. The number of hydrogen-bond acceptors (Lipinski definition) is 2. The van der Waals surface area contributed by atoms with Gasteiger partial charge in [0, 0.05) is 23.7 Å². The highest BCUT2D eigenvalue weighted by Crippen LogP contribution is 2.35. The van der Waals surface area contributed by atoms with Gasteiger partial charge in [0.1, 0.15) is 11.6 Å². The monoisotopic (exact) mass is 282 g/mol. The summed E-state index contributed by atoms with van der Waals surface area (Å²) < 4.78 is 0. The molecule has 0 N–H and O–H groups in total. The molecule has 0 unspecified atom stereocenters. The van der Waals surface area contributed by atoms with Gasteiger partial charge in [-0.2, -0.15) is 0 Å². The molecule has 0 aromatic carbocycles. The first-order valence-electron chi connectivity index (χ1n) is 7.90. The molecule has 0 radical (unpaired) electrons. The lowest BCUT2D eigenvalue weighted by molar-refractivity contribution is -0.127. The number of carbonyl (C=O) groups excluding carboxylic acids is 2. The molecule has 0 heterocycles. The molecule has 20 heavy (non-hydrogen) atoms. The SMILES string of the molecule is CC(C)(C)C(=O)CC1CC1.CC(C)CC(=O)C(C)(C)C. The van der Waals surface area contributed by atoms with Crippen LogP contribution in [0.4, 0.5) is 0 Å². The number of Topliss-reactive ketones (excluding diaryl/α,β-unsaturated/α-hetero) is 2. The van der Waals surface area contributed by atoms with Crippen molar-refractivity contribution < 1.29 is 9.59 Å². The van der Waals surface area contributed by atoms with E-state index in [1.807, 2.05) is 41.5 Å². The molecule has 0 amide bonds. The van der Waals surface area contributed by atoms with Crippen LogP contribution in [0.3, 0.4) is 0 Å². The first-order chi connectivity index (χ1) is 8.84. The van der Waals surface area contributed by atoms with E-state index in [4.69, 9.17) is 0 Å². The Morgan fingerprint density at radius 1 is 0.900 bits per heavy atom. The smallest absolute Gasteiger partial charge is 0.138 e. The summed E-state index contributed by atoms with van der Waals surface area (Å²) in [6.45, 7) is 16.0. The van der Waals surface area contributed by atoms with E-state index >= 15 is 0 Å². The van der Waals surface area contributed by atoms with Crippen LogP contribution in [0.1, 0.15) is 81.1 Å². The van der Waals surface area contributed by atoms with Crippen molar-refractivity contribution in [3.8, 4) is 0 Å². The van der Waals surface area contributed by atoms with Gasteiger partial charge in [-0.1, -0.05) is 55.4 Å². The van der Waals surface area contributed by atoms with Gasteiger partial charge in [-0.05, 0) is 24.7 Å². The van der Waals surface area contributed by atoms with Crippen LogP contribution >= 0.6 is 0 Å². The summed E-state index contributed by atoms with van der Waals surface area (Å²) >= 11 is 0. The highest BCUT2D eigenvalue weighted by molar-refractivity contribution is 5.84. The predicted molar refractivity (Wildman–Crippen MR) is 85.7 cm³/mol. The molecular weight excluding hydrogens is 248 g/mol. The minimum Gasteiger partial charge on any atom is -0.299 e. The fraction of sp³-hybridized carbons (Fsp3) is 0.889. The second kappa shape index (κ2) is 7.38. The Labute approximate surface area is 125 Å². The maximum Gasteiger partial charge on any atom is 0.138 e.